The zero-order valence-electron chi connectivity index (χ0n) is 17.3. The molecule has 1 N–H and O–H groups in total. The summed E-state index contributed by atoms with van der Waals surface area (Å²) in [6, 6.07) is 27.5. The first-order valence-electron chi connectivity index (χ1n) is 10.7. The number of benzene rings is 3. The van der Waals surface area contributed by atoms with Crippen molar-refractivity contribution in [2.75, 3.05) is 13.1 Å². The fourth-order valence-corrected chi connectivity index (χ4v) is 4.16. The highest BCUT2D eigenvalue weighted by molar-refractivity contribution is 6.32. The Bertz CT molecular complexity index is 909. The minimum absolute atomic E-state index is 0.527. The first-order valence-corrected chi connectivity index (χ1v) is 11.1. The van der Waals surface area contributed by atoms with Gasteiger partial charge in [-0.1, -0.05) is 78.3 Å². The Balaban J connectivity index is 1.21. The summed E-state index contributed by atoms with van der Waals surface area (Å²) in [6.07, 6.45) is 2.36. The fraction of sp³-hybridized carbons (Fsp3) is 0.308. The van der Waals surface area contributed by atoms with Gasteiger partial charge in [0.15, 0.2) is 0 Å². The van der Waals surface area contributed by atoms with Crippen molar-refractivity contribution in [3.63, 3.8) is 0 Å². The summed E-state index contributed by atoms with van der Waals surface area (Å²) in [5.41, 5.74) is 3.73. The minimum atomic E-state index is 0.527. The molecule has 3 aromatic carbocycles. The number of halogens is 1. The average Bonchev–Trinajstić information content (AvgIpc) is 2.79. The van der Waals surface area contributed by atoms with E-state index in [0.717, 1.165) is 37.5 Å². The van der Waals surface area contributed by atoms with Crippen LogP contribution in [-0.2, 0) is 19.7 Å². The molecule has 0 radical (unpaired) electrons. The molecule has 3 nitrogen and oxygen atoms in total. The summed E-state index contributed by atoms with van der Waals surface area (Å²) in [4.78, 5) is 2.54. The molecule has 0 saturated carbocycles. The van der Waals surface area contributed by atoms with Crippen molar-refractivity contribution >= 4 is 11.6 Å². The van der Waals surface area contributed by atoms with Crippen LogP contribution in [0.5, 0.6) is 5.75 Å². The maximum atomic E-state index is 6.45. The molecule has 4 rings (SSSR count). The van der Waals surface area contributed by atoms with Crippen molar-refractivity contribution in [2.45, 2.75) is 38.6 Å². The Morgan fingerprint density at radius 3 is 2.17 bits per heavy atom. The van der Waals surface area contributed by atoms with Gasteiger partial charge in [-0.15, -0.1) is 0 Å². The molecule has 0 atom stereocenters. The fourth-order valence-electron chi connectivity index (χ4n) is 3.91. The maximum absolute atomic E-state index is 6.45. The Morgan fingerprint density at radius 2 is 1.50 bits per heavy atom. The van der Waals surface area contributed by atoms with Gasteiger partial charge in [-0.05, 0) is 54.8 Å². The number of hydrogen-bond donors (Lipinski definition) is 1. The maximum Gasteiger partial charge on any atom is 0.138 e. The van der Waals surface area contributed by atoms with Gasteiger partial charge in [0.05, 0.1) is 5.02 Å². The number of likely N-dealkylation sites (tertiary alicyclic amines) is 1. The summed E-state index contributed by atoms with van der Waals surface area (Å²) in [6.45, 7) is 4.69. The summed E-state index contributed by atoms with van der Waals surface area (Å²) in [7, 11) is 0. The molecule has 0 amide bonds. The minimum Gasteiger partial charge on any atom is -0.487 e. The molecule has 1 heterocycles. The van der Waals surface area contributed by atoms with Gasteiger partial charge in [-0.25, -0.2) is 0 Å². The number of nitrogens with one attached hydrogen (secondary N) is 1. The lowest BCUT2D eigenvalue weighted by molar-refractivity contribution is 0.190. The quantitative estimate of drug-likeness (QED) is 0.507. The monoisotopic (exact) mass is 420 g/mol. The van der Waals surface area contributed by atoms with Crippen LogP contribution >= 0.6 is 11.6 Å². The van der Waals surface area contributed by atoms with Gasteiger partial charge in [0.2, 0.25) is 0 Å². The summed E-state index contributed by atoms with van der Waals surface area (Å²) in [5, 5.41) is 4.37. The van der Waals surface area contributed by atoms with Crippen molar-refractivity contribution in [3.05, 3.63) is 101 Å². The van der Waals surface area contributed by atoms with Gasteiger partial charge in [-0.2, -0.15) is 0 Å². The highest BCUT2D eigenvalue weighted by atomic mass is 35.5. The van der Waals surface area contributed by atoms with Gasteiger partial charge >= 0.3 is 0 Å². The van der Waals surface area contributed by atoms with E-state index in [9.17, 15) is 0 Å². The van der Waals surface area contributed by atoms with Gasteiger partial charge in [0.1, 0.15) is 12.4 Å². The van der Waals surface area contributed by atoms with Crippen LogP contribution in [0.15, 0.2) is 78.9 Å². The molecule has 0 unspecified atom stereocenters. The van der Waals surface area contributed by atoms with Crippen LogP contribution in [0.2, 0.25) is 5.02 Å². The van der Waals surface area contributed by atoms with E-state index in [1.807, 2.05) is 30.3 Å². The lowest BCUT2D eigenvalue weighted by Crippen LogP contribution is -2.41. The van der Waals surface area contributed by atoms with Crippen molar-refractivity contribution in [3.8, 4) is 5.75 Å². The normalized spacial score (nSPS) is 15.2. The molecule has 3 aromatic rings. The largest absolute Gasteiger partial charge is 0.487 e. The second-order valence-corrected chi connectivity index (χ2v) is 8.36. The average molecular weight is 421 g/mol. The van der Waals surface area contributed by atoms with Crippen molar-refractivity contribution in [1.82, 2.24) is 10.2 Å². The molecule has 1 fully saturated rings. The molecule has 156 valence electrons. The number of ether oxygens (including phenoxy) is 1. The highest BCUT2D eigenvalue weighted by Crippen LogP contribution is 2.26. The lowest BCUT2D eigenvalue weighted by Gasteiger charge is -2.32. The topological polar surface area (TPSA) is 24.5 Å². The SMILES string of the molecule is Clc1cc(CNC2CCN(Cc3ccccc3)CC2)ccc1OCc1ccccc1. The standard InChI is InChI=1S/C26H29ClN2O/c27-25-17-23(11-12-26(25)30-20-22-9-5-2-6-10-22)18-28-24-13-15-29(16-14-24)19-21-7-3-1-4-8-21/h1-12,17,24,28H,13-16,18-20H2. The number of piperidine rings is 1. The zero-order valence-corrected chi connectivity index (χ0v) is 18.0. The van der Waals surface area contributed by atoms with E-state index in [1.165, 1.54) is 24.0 Å². The van der Waals surface area contributed by atoms with E-state index in [-0.39, 0.29) is 0 Å². The van der Waals surface area contributed by atoms with Gasteiger partial charge in [-0.3, -0.25) is 4.90 Å². The van der Waals surface area contributed by atoms with Gasteiger partial charge in [0.25, 0.3) is 0 Å². The number of rotatable bonds is 8. The second-order valence-electron chi connectivity index (χ2n) is 7.96. The molecule has 4 heteroatoms. The van der Waals surface area contributed by atoms with Crippen LogP contribution in [0.25, 0.3) is 0 Å². The van der Waals surface area contributed by atoms with E-state index in [0.29, 0.717) is 17.7 Å². The first-order chi connectivity index (χ1) is 14.8. The van der Waals surface area contributed by atoms with E-state index in [2.05, 4.69) is 58.7 Å². The molecule has 1 saturated heterocycles. The molecule has 0 bridgehead atoms. The number of nitrogens with zero attached hydrogens (tertiary/aromatic N) is 1. The zero-order chi connectivity index (χ0) is 20.6. The van der Waals surface area contributed by atoms with Crippen LogP contribution in [-0.4, -0.2) is 24.0 Å². The van der Waals surface area contributed by atoms with Gasteiger partial charge < -0.3 is 10.1 Å². The molecule has 1 aliphatic heterocycles. The Labute approximate surface area is 184 Å². The van der Waals surface area contributed by atoms with Crippen LogP contribution < -0.4 is 10.1 Å². The predicted octanol–water partition coefficient (Wildman–Crippen LogP) is 5.67. The summed E-state index contributed by atoms with van der Waals surface area (Å²) >= 11 is 6.45. The van der Waals surface area contributed by atoms with E-state index < -0.39 is 0 Å². The predicted molar refractivity (Wildman–Crippen MR) is 124 cm³/mol. The van der Waals surface area contributed by atoms with Crippen LogP contribution in [0.1, 0.15) is 29.5 Å². The number of hydrogen-bond acceptors (Lipinski definition) is 3. The third-order valence-corrected chi connectivity index (χ3v) is 5.96. The van der Waals surface area contributed by atoms with Crippen molar-refractivity contribution in [1.29, 1.82) is 0 Å². The van der Waals surface area contributed by atoms with Crippen LogP contribution in [0, 0.1) is 0 Å². The molecule has 0 aromatic heterocycles. The Morgan fingerprint density at radius 1 is 0.833 bits per heavy atom. The van der Waals surface area contributed by atoms with Crippen LogP contribution in [0.3, 0.4) is 0 Å². The third kappa shape index (κ3) is 6.09. The van der Waals surface area contributed by atoms with E-state index in [1.54, 1.807) is 0 Å². The summed E-state index contributed by atoms with van der Waals surface area (Å²) in [5.74, 6) is 0.735. The Hall–Kier alpha value is -2.33. The molecule has 0 spiro atoms. The molecule has 0 aliphatic carbocycles. The molecule has 1 aliphatic rings. The first kappa shape index (κ1) is 20.9. The van der Waals surface area contributed by atoms with Crippen molar-refractivity contribution in [2.24, 2.45) is 0 Å². The van der Waals surface area contributed by atoms with Gasteiger partial charge in [0, 0.05) is 19.1 Å². The van der Waals surface area contributed by atoms with E-state index >= 15 is 0 Å². The lowest BCUT2D eigenvalue weighted by atomic mass is 10.0. The highest BCUT2D eigenvalue weighted by Gasteiger charge is 2.18. The second kappa shape index (κ2) is 10.6. The molecular formula is C26H29ClN2O. The third-order valence-electron chi connectivity index (χ3n) is 5.66. The van der Waals surface area contributed by atoms with Crippen LogP contribution in [0.4, 0.5) is 0 Å². The molecular weight excluding hydrogens is 392 g/mol. The smallest absolute Gasteiger partial charge is 0.138 e. The molecule has 30 heavy (non-hydrogen) atoms. The van der Waals surface area contributed by atoms with E-state index in [4.69, 9.17) is 16.3 Å². The summed E-state index contributed by atoms with van der Waals surface area (Å²) < 4.78 is 5.88. The Kier molecular flexibility index (Phi) is 7.41. The van der Waals surface area contributed by atoms with Crippen molar-refractivity contribution < 1.29 is 4.74 Å².